The lowest BCUT2D eigenvalue weighted by Crippen LogP contribution is -2.59. The third-order valence-corrected chi connectivity index (χ3v) is 3.89. The maximum Gasteiger partial charge on any atom is 0.131 e. The number of allylic oxidation sites excluding steroid dienone is 1. The minimum absolute atomic E-state index is 0.296. The SMILES string of the molecule is C=CC#CC1(O)CC(C)NC2CCCCC21. The summed E-state index contributed by atoms with van der Waals surface area (Å²) in [4.78, 5) is 0. The molecule has 0 amide bonds. The quantitative estimate of drug-likeness (QED) is 0.609. The van der Waals surface area contributed by atoms with E-state index in [-0.39, 0.29) is 0 Å². The van der Waals surface area contributed by atoms with Gasteiger partial charge in [-0.15, -0.1) is 0 Å². The van der Waals surface area contributed by atoms with Gasteiger partial charge in [-0.3, -0.25) is 0 Å². The monoisotopic (exact) mass is 219 g/mol. The Morgan fingerprint density at radius 1 is 1.44 bits per heavy atom. The second-order valence-corrected chi connectivity index (χ2v) is 5.17. The fourth-order valence-electron chi connectivity index (χ4n) is 3.26. The molecule has 1 saturated heterocycles. The second kappa shape index (κ2) is 4.61. The van der Waals surface area contributed by atoms with Gasteiger partial charge in [-0.1, -0.05) is 31.3 Å². The second-order valence-electron chi connectivity index (χ2n) is 5.17. The van der Waals surface area contributed by atoms with Crippen LogP contribution in [0.5, 0.6) is 0 Å². The number of piperidine rings is 1. The Kier molecular flexibility index (Phi) is 3.37. The van der Waals surface area contributed by atoms with E-state index in [2.05, 4.69) is 30.7 Å². The first-order chi connectivity index (χ1) is 7.65. The van der Waals surface area contributed by atoms with Crippen LogP contribution < -0.4 is 5.32 Å². The topological polar surface area (TPSA) is 32.3 Å². The van der Waals surface area contributed by atoms with Gasteiger partial charge < -0.3 is 10.4 Å². The number of hydrogen-bond acceptors (Lipinski definition) is 2. The molecule has 2 N–H and O–H groups in total. The van der Waals surface area contributed by atoms with Crippen LogP contribution in [0.1, 0.15) is 39.0 Å². The van der Waals surface area contributed by atoms with Gasteiger partial charge in [-0.05, 0) is 25.8 Å². The van der Waals surface area contributed by atoms with Crippen molar-refractivity contribution in [3.05, 3.63) is 12.7 Å². The van der Waals surface area contributed by atoms with Crippen molar-refractivity contribution in [1.82, 2.24) is 5.32 Å². The van der Waals surface area contributed by atoms with Gasteiger partial charge >= 0.3 is 0 Å². The highest BCUT2D eigenvalue weighted by atomic mass is 16.3. The molecule has 88 valence electrons. The first-order valence-electron chi connectivity index (χ1n) is 6.28. The molecule has 0 aromatic carbocycles. The molecule has 0 aromatic heterocycles. The average Bonchev–Trinajstić information content (AvgIpc) is 2.26. The van der Waals surface area contributed by atoms with Crippen LogP contribution >= 0.6 is 0 Å². The highest BCUT2D eigenvalue weighted by molar-refractivity contribution is 5.25. The van der Waals surface area contributed by atoms with Crippen LogP contribution in [-0.2, 0) is 0 Å². The summed E-state index contributed by atoms with van der Waals surface area (Å²) in [5.41, 5.74) is -0.802. The van der Waals surface area contributed by atoms with Crippen LogP contribution in [0, 0.1) is 17.8 Å². The standard InChI is InChI=1S/C14H21NO/c1-3-4-9-14(16)10-11(2)15-13-8-6-5-7-12(13)14/h3,11-13,15-16H,1,5-8,10H2,2H3. The Balaban J connectivity index is 2.23. The fourth-order valence-corrected chi connectivity index (χ4v) is 3.26. The number of fused-ring (bicyclic) bond motifs is 1. The van der Waals surface area contributed by atoms with Crippen LogP contribution in [0.15, 0.2) is 12.7 Å². The van der Waals surface area contributed by atoms with E-state index in [4.69, 9.17) is 0 Å². The molecular formula is C14H21NO. The molecule has 2 heteroatoms. The third kappa shape index (κ3) is 2.16. The first-order valence-corrected chi connectivity index (χ1v) is 6.28. The van der Waals surface area contributed by atoms with Crippen LogP contribution in [-0.4, -0.2) is 22.8 Å². The zero-order valence-electron chi connectivity index (χ0n) is 10.00. The van der Waals surface area contributed by atoms with Gasteiger partial charge in [-0.25, -0.2) is 0 Å². The summed E-state index contributed by atoms with van der Waals surface area (Å²) in [6.07, 6.45) is 7.05. The number of aliphatic hydroxyl groups is 1. The Bertz CT molecular complexity index is 327. The van der Waals surface area contributed by atoms with E-state index < -0.39 is 5.60 Å². The van der Waals surface area contributed by atoms with Crippen molar-refractivity contribution in [3.63, 3.8) is 0 Å². The van der Waals surface area contributed by atoms with Crippen molar-refractivity contribution in [2.45, 2.75) is 56.7 Å². The highest BCUT2D eigenvalue weighted by Crippen LogP contribution is 2.39. The molecule has 1 aliphatic carbocycles. The molecule has 0 spiro atoms. The number of nitrogens with one attached hydrogen (secondary N) is 1. The van der Waals surface area contributed by atoms with Crippen molar-refractivity contribution in [2.24, 2.45) is 5.92 Å². The predicted octanol–water partition coefficient (Wildman–Crippen LogP) is 1.85. The van der Waals surface area contributed by atoms with Gasteiger partial charge in [0.1, 0.15) is 5.60 Å². The van der Waals surface area contributed by atoms with E-state index in [0.717, 1.165) is 12.8 Å². The Morgan fingerprint density at radius 3 is 2.94 bits per heavy atom. The van der Waals surface area contributed by atoms with Crippen molar-refractivity contribution in [2.75, 3.05) is 0 Å². The average molecular weight is 219 g/mol. The van der Waals surface area contributed by atoms with Gasteiger partial charge in [-0.2, -0.15) is 0 Å². The van der Waals surface area contributed by atoms with E-state index >= 15 is 0 Å². The predicted molar refractivity (Wildman–Crippen MR) is 65.9 cm³/mol. The smallest absolute Gasteiger partial charge is 0.131 e. The molecule has 1 heterocycles. The molecule has 2 nitrogen and oxygen atoms in total. The van der Waals surface area contributed by atoms with Crippen molar-refractivity contribution in [1.29, 1.82) is 0 Å². The lowest BCUT2D eigenvalue weighted by molar-refractivity contribution is -0.0385. The maximum atomic E-state index is 10.7. The van der Waals surface area contributed by atoms with E-state index in [9.17, 15) is 5.11 Å². The van der Waals surface area contributed by atoms with E-state index in [1.165, 1.54) is 19.3 Å². The summed E-state index contributed by atoms with van der Waals surface area (Å²) < 4.78 is 0. The lowest BCUT2D eigenvalue weighted by atomic mass is 9.68. The summed E-state index contributed by atoms with van der Waals surface area (Å²) >= 11 is 0. The van der Waals surface area contributed by atoms with Crippen LogP contribution in [0.3, 0.4) is 0 Å². The van der Waals surface area contributed by atoms with Crippen molar-refractivity contribution < 1.29 is 5.11 Å². The summed E-state index contributed by atoms with van der Waals surface area (Å²) in [7, 11) is 0. The number of rotatable bonds is 0. The molecule has 16 heavy (non-hydrogen) atoms. The largest absolute Gasteiger partial charge is 0.377 e. The summed E-state index contributed by atoms with van der Waals surface area (Å²) in [6.45, 7) is 5.73. The summed E-state index contributed by atoms with van der Waals surface area (Å²) in [5, 5.41) is 14.3. The summed E-state index contributed by atoms with van der Waals surface area (Å²) in [6, 6.07) is 0.796. The molecule has 4 unspecified atom stereocenters. The van der Waals surface area contributed by atoms with Gasteiger partial charge in [0, 0.05) is 24.4 Å². The van der Waals surface area contributed by atoms with Crippen LogP contribution in [0.4, 0.5) is 0 Å². The Labute approximate surface area is 98.1 Å². The maximum absolute atomic E-state index is 10.7. The normalized spacial score (nSPS) is 42.8. The lowest BCUT2D eigenvalue weighted by Gasteiger charge is -2.47. The summed E-state index contributed by atoms with van der Waals surface area (Å²) in [5.74, 6) is 6.17. The molecular weight excluding hydrogens is 198 g/mol. The highest BCUT2D eigenvalue weighted by Gasteiger charge is 2.46. The molecule has 1 aliphatic heterocycles. The van der Waals surface area contributed by atoms with Crippen molar-refractivity contribution >= 4 is 0 Å². The van der Waals surface area contributed by atoms with Crippen LogP contribution in [0.25, 0.3) is 0 Å². The Morgan fingerprint density at radius 2 is 2.19 bits per heavy atom. The molecule has 4 atom stereocenters. The first kappa shape index (κ1) is 11.7. The van der Waals surface area contributed by atoms with E-state index in [0.29, 0.717) is 18.0 Å². The van der Waals surface area contributed by atoms with E-state index in [1.807, 2.05) is 0 Å². The molecule has 2 fully saturated rings. The zero-order chi connectivity index (χ0) is 11.6. The molecule has 0 bridgehead atoms. The molecule has 0 radical (unpaired) electrons. The molecule has 2 rings (SSSR count). The molecule has 1 saturated carbocycles. The number of hydrogen-bond donors (Lipinski definition) is 2. The minimum atomic E-state index is -0.802. The van der Waals surface area contributed by atoms with Gasteiger partial charge in [0.25, 0.3) is 0 Å². The van der Waals surface area contributed by atoms with Gasteiger partial charge in [0.2, 0.25) is 0 Å². The van der Waals surface area contributed by atoms with Gasteiger partial charge in [0.05, 0.1) is 0 Å². The molecule has 0 aromatic rings. The van der Waals surface area contributed by atoms with Crippen LogP contribution in [0.2, 0.25) is 0 Å². The zero-order valence-corrected chi connectivity index (χ0v) is 10.00. The fraction of sp³-hybridized carbons (Fsp3) is 0.714. The molecule has 2 aliphatic rings. The minimum Gasteiger partial charge on any atom is -0.377 e. The van der Waals surface area contributed by atoms with Crippen molar-refractivity contribution in [3.8, 4) is 11.8 Å². The van der Waals surface area contributed by atoms with Gasteiger partial charge in [0.15, 0.2) is 0 Å². The van der Waals surface area contributed by atoms with E-state index in [1.54, 1.807) is 6.08 Å². The third-order valence-electron chi connectivity index (χ3n) is 3.89. The Hall–Kier alpha value is -0.780.